The molecule has 15 heavy (non-hydrogen) atoms. The monoisotopic (exact) mass is 290 g/mol. The van der Waals surface area contributed by atoms with E-state index in [1.54, 1.807) is 0 Å². The molecule has 2 nitrogen and oxygen atoms in total. The maximum atomic E-state index is 12.4. The minimum atomic E-state index is -4.94. The first-order chi connectivity index (χ1) is 6.75. The number of pyridine rings is 1. The predicted octanol–water partition coefficient (Wildman–Crippen LogP) is 3.38. The van der Waals surface area contributed by atoms with Gasteiger partial charge in [0.2, 0.25) is 0 Å². The van der Waals surface area contributed by atoms with E-state index in [4.69, 9.17) is 5.73 Å². The fourth-order valence-corrected chi connectivity index (χ4v) is 1.28. The Balaban J connectivity index is 3.47. The predicted molar refractivity (Wildman–Crippen MR) is 46.3 cm³/mol. The van der Waals surface area contributed by atoms with E-state index in [1.165, 1.54) is 0 Å². The van der Waals surface area contributed by atoms with Gasteiger partial charge in [0.1, 0.15) is 0 Å². The van der Waals surface area contributed by atoms with Crippen molar-refractivity contribution in [3.63, 3.8) is 0 Å². The fraction of sp³-hybridized carbons (Fsp3) is 0.286. The topological polar surface area (TPSA) is 38.9 Å². The molecule has 0 fully saturated rings. The van der Waals surface area contributed by atoms with Crippen LogP contribution < -0.4 is 5.73 Å². The van der Waals surface area contributed by atoms with Gasteiger partial charge in [0.25, 0.3) is 6.43 Å². The number of anilines is 1. The number of hydrogen-bond acceptors (Lipinski definition) is 2. The summed E-state index contributed by atoms with van der Waals surface area (Å²) >= 11 is 2.73. The lowest BCUT2D eigenvalue weighted by Gasteiger charge is -2.13. The first-order valence-electron chi connectivity index (χ1n) is 3.54. The van der Waals surface area contributed by atoms with E-state index >= 15 is 0 Å². The zero-order valence-electron chi connectivity index (χ0n) is 6.95. The van der Waals surface area contributed by atoms with Gasteiger partial charge in [0.15, 0.2) is 5.69 Å². The summed E-state index contributed by atoms with van der Waals surface area (Å²) in [6, 6.07) is 0. The molecule has 0 saturated carbocycles. The molecule has 0 aromatic carbocycles. The van der Waals surface area contributed by atoms with E-state index in [0.29, 0.717) is 0 Å². The van der Waals surface area contributed by atoms with Gasteiger partial charge < -0.3 is 5.73 Å². The molecule has 0 unspecified atom stereocenters. The Morgan fingerprint density at radius 3 is 2.27 bits per heavy atom. The number of aromatic nitrogens is 1. The number of halogens is 6. The summed E-state index contributed by atoms with van der Waals surface area (Å²) in [5.41, 5.74) is 1.52. The second-order valence-electron chi connectivity index (χ2n) is 2.58. The maximum absolute atomic E-state index is 12.4. The molecule has 2 N–H and O–H groups in total. The summed E-state index contributed by atoms with van der Waals surface area (Å²) in [6.45, 7) is 0. The van der Waals surface area contributed by atoms with Crippen LogP contribution in [0.3, 0.4) is 0 Å². The Morgan fingerprint density at radius 2 is 1.87 bits per heavy atom. The van der Waals surface area contributed by atoms with Crippen molar-refractivity contribution in [1.82, 2.24) is 4.98 Å². The SMILES string of the molecule is Nc1c(Br)cnc(C(F)(F)F)c1C(F)F. The van der Waals surface area contributed by atoms with Gasteiger partial charge in [-0.25, -0.2) is 13.8 Å². The van der Waals surface area contributed by atoms with Crippen molar-refractivity contribution >= 4 is 21.6 Å². The van der Waals surface area contributed by atoms with Crippen LogP contribution in [0, 0.1) is 0 Å². The average molecular weight is 291 g/mol. The highest BCUT2D eigenvalue weighted by Gasteiger charge is 2.39. The van der Waals surface area contributed by atoms with Crippen LogP contribution in [0.15, 0.2) is 10.7 Å². The number of hydrogen-bond donors (Lipinski definition) is 1. The highest BCUT2D eigenvalue weighted by molar-refractivity contribution is 9.10. The number of nitrogens with two attached hydrogens (primary N) is 1. The van der Waals surface area contributed by atoms with E-state index < -0.39 is 29.5 Å². The van der Waals surface area contributed by atoms with E-state index in [2.05, 4.69) is 20.9 Å². The second kappa shape index (κ2) is 3.92. The molecular weight excluding hydrogens is 287 g/mol. The fourth-order valence-electron chi connectivity index (χ4n) is 0.963. The summed E-state index contributed by atoms with van der Waals surface area (Å²) < 4.78 is 61.4. The standard InChI is InChI=1S/C7H4BrF5N2/c8-2-1-15-5(7(11,12)13)3(4(2)14)6(9)10/h1,6H,(H2,14,15). The van der Waals surface area contributed by atoms with Crippen molar-refractivity contribution in [3.05, 3.63) is 21.9 Å². The first kappa shape index (κ1) is 12.2. The molecular formula is C7H4BrF5N2. The van der Waals surface area contributed by atoms with Crippen LogP contribution in [0.25, 0.3) is 0 Å². The van der Waals surface area contributed by atoms with E-state index in [-0.39, 0.29) is 4.47 Å². The van der Waals surface area contributed by atoms with Gasteiger partial charge in [0, 0.05) is 6.20 Å². The molecule has 0 aliphatic rings. The van der Waals surface area contributed by atoms with Gasteiger partial charge in [-0.1, -0.05) is 0 Å². The van der Waals surface area contributed by atoms with Gasteiger partial charge in [-0.15, -0.1) is 0 Å². The lowest BCUT2D eigenvalue weighted by atomic mass is 10.1. The molecule has 84 valence electrons. The second-order valence-corrected chi connectivity index (χ2v) is 3.43. The third-order valence-electron chi connectivity index (χ3n) is 1.60. The molecule has 0 amide bonds. The maximum Gasteiger partial charge on any atom is 0.433 e. The molecule has 1 rings (SSSR count). The first-order valence-corrected chi connectivity index (χ1v) is 4.33. The van der Waals surface area contributed by atoms with Crippen LogP contribution in [0.2, 0.25) is 0 Å². The average Bonchev–Trinajstić information content (AvgIpc) is 2.06. The number of rotatable bonds is 1. The third-order valence-corrected chi connectivity index (χ3v) is 2.23. The van der Waals surface area contributed by atoms with Crippen molar-refractivity contribution in [1.29, 1.82) is 0 Å². The number of alkyl halides is 5. The minimum absolute atomic E-state index is 0.0919. The lowest BCUT2D eigenvalue weighted by Crippen LogP contribution is -2.14. The van der Waals surface area contributed by atoms with Crippen molar-refractivity contribution in [2.75, 3.05) is 5.73 Å². The zero-order chi connectivity index (χ0) is 11.8. The molecule has 0 aliphatic heterocycles. The molecule has 8 heteroatoms. The molecule has 0 spiro atoms. The highest BCUT2D eigenvalue weighted by atomic mass is 79.9. The van der Waals surface area contributed by atoms with Crippen molar-refractivity contribution in [3.8, 4) is 0 Å². The van der Waals surface area contributed by atoms with Crippen LogP contribution in [-0.4, -0.2) is 4.98 Å². The van der Waals surface area contributed by atoms with Crippen LogP contribution in [-0.2, 0) is 6.18 Å². The molecule has 0 radical (unpaired) electrons. The van der Waals surface area contributed by atoms with Crippen LogP contribution in [0.5, 0.6) is 0 Å². The summed E-state index contributed by atoms with van der Waals surface area (Å²) in [6.07, 6.45) is -7.53. The Hall–Kier alpha value is -0.920. The molecule has 1 aromatic rings. The van der Waals surface area contributed by atoms with E-state index in [0.717, 1.165) is 6.20 Å². The normalized spacial score (nSPS) is 12.2. The quantitative estimate of drug-likeness (QED) is 0.805. The van der Waals surface area contributed by atoms with Gasteiger partial charge >= 0.3 is 6.18 Å². The Morgan fingerprint density at radius 1 is 1.33 bits per heavy atom. The molecule has 1 heterocycles. The van der Waals surface area contributed by atoms with Crippen LogP contribution >= 0.6 is 15.9 Å². The van der Waals surface area contributed by atoms with Crippen molar-refractivity contribution in [2.24, 2.45) is 0 Å². The summed E-state index contributed by atoms with van der Waals surface area (Å²) in [5, 5.41) is 0. The Kier molecular flexibility index (Phi) is 3.17. The minimum Gasteiger partial charge on any atom is -0.397 e. The Bertz CT molecular complexity index is 376. The largest absolute Gasteiger partial charge is 0.433 e. The zero-order valence-corrected chi connectivity index (χ0v) is 8.53. The van der Waals surface area contributed by atoms with Gasteiger partial charge in [-0.05, 0) is 15.9 Å². The van der Waals surface area contributed by atoms with Crippen molar-refractivity contribution < 1.29 is 22.0 Å². The van der Waals surface area contributed by atoms with Gasteiger partial charge in [0.05, 0.1) is 15.7 Å². The third kappa shape index (κ3) is 2.36. The Labute approximate surface area is 89.4 Å². The molecule has 0 bridgehead atoms. The van der Waals surface area contributed by atoms with Crippen LogP contribution in [0.1, 0.15) is 17.7 Å². The number of nitrogen functional groups attached to an aromatic ring is 1. The summed E-state index contributed by atoms with van der Waals surface area (Å²) in [4.78, 5) is 2.90. The van der Waals surface area contributed by atoms with E-state index in [9.17, 15) is 22.0 Å². The molecule has 1 aromatic heterocycles. The highest BCUT2D eigenvalue weighted by Crippen LogP contribution is 2.39. The smallest absolute Gasteiger partial charge is 0.397 e. The molecule has 0 aliphatic carbocycles. The van der Waals surface area contributed by atoms with Gasteiger partial charge in [-0.3, -0.25) is 0 Å². The van der Waals surface area contributed by atoms with Crippen molar-refractivity contribution in [2.45, 2.75) is 12.6 Å². The summed E-state index contributed by atoms with van der Waals surface area (Å²) in [5.74, 6) is 0. The summed E-state index contributed by atoms with van der Waals surface area (Å²) in [7, 11) is 0. The van der Waals surface area contributed by atoms with Gasteiger partial charge in [-0.2, -0.15) is 13.2 Å². The van der Waals surface area contributed by atoms with Crippen LogP contribution in [0.4, 0.5) is 27.6 Å². The number of nitrogens with zero attached hydrogens (tertiary/aromatic N) is 1. The lowest BCUT2D eigenvalue weighted by molar-refractivity contribution is -0.143. The molecule has 0 saturated heterocycles. The molecule has 0 atom stereocenters. The van der Waals surface area contributed by atoms with E-state index in [1.807, 2.05) is 0 Å².